The van der Waals surface area contributed by atoms with E-state index in [4.69, 9.17) is 21.1 Å². The number of fused-ring (bicyclic) bond motifs is 3. The minimum absolute atomic E-state index is 0.000961. The standard InChI is InChI=1S/C28H30ClFN6O3/c29-22-10-17(5-6-23(22)30)34-28-21-11-25(26(12-24(21)31-16-32-28)39-20-7-9-38-15-20)35-27(37)2-1-8-36-13-18-3-4-19(14-36)33-18/h1-2,5-6,10-12,16,18-20,33H,3-4,7-9,13-15H2,(H,35,37)(H,31,32,34)/t18?,19?,20-/m0/s1. The quantitative estimate of drug-likeness (QED) is 0.356. The molecule has 3 aliphatic heterocycles. The number of likely N-dealkylation sites (tertiary alicyclic amines) is 1. The highest BCUT2D eigenvalue weighted by molar-refractivity contribution is 6.31. The van der Waals surface area contributed by atoms with Crippen molar-refractivity contribution < 1.29 is 18.7 Å². The molecule has 3 fully saturated rings. The van der Waals surface area contributed by atoms with Crippen LogP contribution in [0.3, 0.4) is 0 Å². The van der Waals surface area contributed by atoms with Gasteiger partial charge in [0, 0.05) is 61.4 Å². The summed E-state index contributed by atoms with van der Waals surface area (Å²) in [5.74, 6) is 0.233. The van der Waals surface area contributed by atoms with Gasteiger partial charge in [0.05, 0.1) is 29.4 Å². The average Bonchev–Trinajstić information content (AvgIpc) is 3.55. The maximum absolute atomic E-state index is 13.6. The van der Waals surface area contributed by atoms with Crippen LogP contribution in [0, 0.1) is 5.82 Å². The third-order valence-corrected chi connectivity index (χ3v) is 7.57. The lowest BCUT2D eigenvalue weighted by Gasteiger charge is -2.31. The van der Waals surface area contributed by atoms with Gasteiger partial charge in [-0.1, -0.05) is 17.7 Å². The van der Waals surface area contributed by atoms with Crippen LogP contribution in [0.25, 0.3) is 10.9 Å². The molecule has 11 heteroatoms. The lowest BCUT2D eigenvalue weighted by Crippen LogP contribution is -2.50. The summed E-state index contributed by atoms with van der Waals surface area (Å²) < 4.78 is 25.3. The number of rotatable bonds is 8. The van der Waals surface area contributed by atoms with Gasteiger partial charge < -0.3 is 25.4 Å². The Kier molecular flexibility index (Phi) is 7.60. The van der Waals surface area contributed by atoms with Gasteiger partial charge in [-0.2, -0.15) is 0 Å². The van der Waals surface area contributed by atoms with Crippen LogP contribution in [0.5, 0.6) is 5.75 Å². The molecular formula is C28H30ClFN6O3. The minimum Gasteiger partial charge on any atom is -0.486 e. The van der Waals surface area contributed by atoms with Crippen LogP contribution in [0.4, 0.5) is 21.6 Å². The van der Waals surface area contributed by atoms with Gasteiger partial charge in [0.15, 0.2) is 0 Å². The van der Waals surface area contributed by atoms with E-state index in [0.717, 1.165) is 26.1 Å². The van der Waals surface area contributed by atoms with Crippen LogP contribution in [0.2, 0.25) is 5.02 Å². The zero-order valence-electron chi connectivity index (χ0n) is 21.3. The summed E-state index contributed by atoms with van der Waals surface area (Å²) in [5, 5.41) is 10.4. The molecule has 0 radical (unpaired) electrons. The molecular weight excluding hydrogens is 523 g/mol. The molecule has 0 saturated carbocycles. The number of nitrogens with zero attached hydrogens (tertiary/aromatic N) is 3. The minimum atomic E-state index is -0.505. The largest absolute Gasteiger partial charge is 0.486 e. The van der Waals surface area contributed by atoms with Crippen molar-refractivity contribution in [1.82, 2.24) is 20.2 Å². The van der Waals surface area contributed by atoms with Crippen molar-refractivity contribution in [2.45, 2.75) is 37.5 Å². The fraction of sp³-hybridized carbons (Fsp3) is 0.393. The first kappa shape index (κ1) is 25.9. The van der Waals surface area contributed by atoms with E-state index in [0.29, 0.717) is 59.1 Å². The number of aromatic nitrogens is 2. The Morgan fingerprint density at radius 2 is 2.05 bits per heavy atom. The van der Waals surface area contributed by atoms with Crippen LogP contribution in [-0.4, -0.2) is 71.8 Å². The van der Waals surface area contributed by atoms with E-state index in [1.807, 2.05) is 6.08 Å². The van der Waals surface area contributed by atoms with Crippen molar-refractivity contribution >= 4 is 45.6 Å². The zero-order valence-corrected chi connectivity index (χ0v) is 22.1. The number of hydrogen-bond donors (Lipinski definition) is 3. The Balaban J connectivity index is 1.23. The molecule has 2 unspecified atom stereocenters. The second-order valence-corrected chi connectivity index (χ2v) is 10.6. The third-order valence-electron chi connectivity index (χ3n) is 7.28. The Hall–Kier alpha value is -3.31. The van der Waals surface area contributed by atoms with Crippen LogP contribution in [-0.2, 0) is 9.53 Å². The number of carbonyl (C=O) groups is 1. The summed E-state index contributed by atoms with van der Waals surface area (Å²) in [5.41, 5.74) is 1.69. The maximum Gasteiger partial charge on any atom is 0.248 e. The molecule has 1 aromatic heterocycles. The topological polar surface area (TPSA) is 101 Å². The van der Waals surface area contributed by atoms with Crippen molar-refractivity contribution in [2.24, 2.45) is 0 Å². The Bertz CT molecular complexity index is 1390. The summed E-state index contributed by atoms with van der Waals surface area (Å²) >= 11 is 5.96. The maximum atomic E-state index is 13.6. The summed E-state index contributed by atoms with van der Waals surface area (Å²) in [6, 6.07) is 9.02. The van der Waals surface area contributed by atoms with Crippen molar-refractivity contribution in [1.29, 1.82) is 0 Å². The number of amides is 1. The van der Waals surface area contributed by atoms with E-state index in [9.17, 15) is 9.18 Å². The lowest BCUT2D eigenvalue weighted by atomic mass is 10.1. The molecule has 3 aliphatic rings. The normalized spacial score (nSPS) is 23.0. The van der Waals surface area contributed by atoms with Gasteiger partial charge in [0.25, 0.3) is 0 Å². The third kappa shape index (κ3) is 6.14. The van der Waals surface area contributed by atoms with E-state index in [1.165, 1.54) is 31.3 Å². The number of ether oxygens (including phenoxy) is 2. The molecule has 2 aromatic carbocycles. The first-order chi connectivity index (χ1) is 19.0. The summed E-state index contributed by atoms with van der Waals surface area (Å²) in [7, 11) is 0. The molecule has 6 rings (SSSR count). The molecule has 4 heterocycles. The highest BCUT2D eigenvalue weighted by Gasteiger charge is 2.31. The van der Waals surface area contributed by atoms with E-state index < -0.39 is 5.82 Å². The van der Waals surface area contributed by atoms with Gasteiger partial charge in [0.1, 0.15) is 29.8 Å². The van der Waals surface area contributed by atoms with Crippen molar-refractivity contribution in [3.05, 3.63) is 59.7 Å². The van der Waals surface area contributed by atoms with Gasteiger partial charge in [-0.05, 0) is 37.1 Å². The number of piperazine rings is 1. The van der Waals surface area contributed by atoms with E-state index >= 15 is 0 Å². The summed E-state index contributed by atoms with van der Waals surface area (Å²) in [6.07, 6.45) is 7.99. The number of benzene rings is 2. The molecule has 0 spiro atoms. The number of anilines is 3. The molecule has 9 nitrogen and oxygen atoms in total. The Labute approximate surface area is 230 Å². The molecule has 3 atom stereocenters. The van der Waals surface area contributed by atoms with Gasteiger partial charge in [0.2, 0.25) is 5.91 Å². The lowest BCUT2D eigenvalue weighted by molar-refractivity contribution is -0.111. The average molecular weight is 553 g/mol. The Morgan fingerprint density at radius 1 is 1.21 bits per heavy atom. The molecule has 3 N–H and O–H groups in total. The van der Waals surface area contributed by atoms with Crippen molar-refractivity contribution in [2.75, 3.05) is 43.5 Å². The van der Waals surface area contributed by atoms with Crippen LogP contribution in [0.15, 0.2) is 48.8 Å². The monoisotopic (exact) mass is 552 g/mol. The summed E-state index contributed by atoms with van der Waals surface area (Å²) in [6.45, 7) is 3.85. The molecule has 204 valence electrons. The molecule has 2 bridgehead atoms. The first-order valence-electron chi connectivity index (χ1n) is 13.2. The molecule has 0 aliphatic carbocycles. The second-order valence-electron chi connectivity index (χ2n) is 10.2. The van der Waals surface area contributed by atoms with Crippen LogP contribution >= 0.6 is 11.6 Å². The fourth-order valence-electron chi connectivity index (χ4n) is 5.40. The second kappa shape index (κ2) is 11.4. The summed E-state index contributed by atoms with van der Waals surface area (Å²) in [4.78, 5) is 24.1. The first-order valence-corrected chi connectivity index (χ1v) is 13.6. The molecule has 39 heavy (non-hydrogen) atoms. The highest BCUT2D eigenvalue weighted by Crippen LogP contribution is 2.35. The number of halogens is 2. The van der Waals surface area contributed by atoms with Gasteiger partial charge in [-0.15, -0.1) is 0 Å². The zero-order chi connectivity index (χ0) is 26.8. The number of carbonyl (C=O) groups excluding carboxylic acids is 1. The van der Waals surface area contributed by atoms with E-state index in [1.54, 1.807) is 24.3 Å². The SMILES string of the molecule is O=C(C=CCN1CC2CCC(C1)N2)Nc1cc2c(Nc3ccc(F)c(Cl)c3)ncnc2cc1O[C@H]1CCOC1. The predicted molar refractivity (Wildman–Crippen MR) is 148 cm³/mol. The Morgan fingerprint density at radius 3 is 2.82 bits per heavy atom. The van der Waals surface area contributed by atoms with E-state index in [-0.39, 0.29) is 17.0 Å². The highest BCUT2D eigenvalue weighted by atomic mass is 35.5. The van der Waals surface area contributed by atoms with Crippen molar-refractivity contribution in [3.8, 4) is 5.75 Å². The number of nitrogens with one attached hydrogen (secondary N) is 3. The van der Waals surface area contributed by atoms with Crippen molar-refractivity contribution in [3.63, 3.8) is 0 Å². The van der Waals surface area contributed by atoms with E-state index in [2.05, 4.69) is 30.8 Å². The fourth-order valence-corrected chi connectivity index (χ4v) is 5.58. The van der Waals surface area contributed by atoms with Gasteiger partial charge in [-0.3, -0.25) is 9.69 Å². The number of hydrogen-bond acceptors (Lipinski definition) is 8. The van der Waals surface area contributed by atoms with Gasteiger partial charge >= 0.3 is 0 Å². The molecule has 1 amide bonds. The van der Waals surface area contributed by atoms with Crippen LogP contribution in [0.1, 0.15) is 19.3 Å². The molecule has 3 saturated heterocycles. The molecule has 3 aromatic rings. The smallest absolute Gasteiger partial charge is 0.248 e. The van der Waals surface area contributed by atoms with Gasteiger partial charge in [-0.25, -0.2) is 14.4 Å². The van der Waals surface area contributed by atoms with Crippen LogP contribution < -0.4 is 20.7 Å². The predicted octanol–water partition coefficient (Wildman–Crippen LogP) is 4.26.